The van der Waals surface area contributed by atoms with Crippen LogP contribution in [0.2, 0.25) is 5.28 Å². The molecule has 0 atom stereocenters. The Morgan fingerprint density at radius 3 is 2.55 bits per heavy atom. The monoisotopic (exact) mass is 298 g/mol. The van der Waals surface area contributed by atoms with Crippen molar-refractivity contribution in [3.05, 3.63) is 5.28 Å². The molecule has 5 nitrogen and oxygen atoms in total. The number of hydrogen-bond donors (Lipinski definition) is 1. The number of rotatable bonds is 6. The van der Waals surface area contributed by atoms with Crippen LogP contribution in [0.3, 0.4) is 0 Å². The zero-order chi connectivity index (χ0) is 14.4. The van der Waals surface area contributed by atoms with Crippen molar-refractivity contribution >= 4 is 17.5 Å². The summed E-state index contributed by atoms with van der Waals surface area (Å²) in [4.78, 5) is 12.4. The number of anilines is 1. The van der Waals surface area contributed by atoms with E-state index in [1.807, 2.05) is 6.92 Å². The van der Waals surface area contributed by atoms with Crippen LogP contribution in [0.1, 0.15) is 52.4 Å². The van der Waals surface area contributed by atoms with Gasteiger partial charge in [0.05, 0.1) is 6.61 Å². The van der Waals surface area contributed by atoms with Crippen LogP contribution in [0.15, 0.2) is 0 Å². The van der Waals surface area contributed by atoms with Gasteiger partial charge in [-0.05, 0) is 49.6 Å². The van der Waals surface area contributed by atoms with Gasteiger partial charge in [0.25, 0.3) is 0 Å². The molecule has 0 radical (unpaired) electrons. The van der Waals surface area contributed by atoms with Crippen LogP contribution < -0.4 is 10.1 Å². The minimum Gasteiger partial charge on any atom is -0.463 e. The fourth-order valence-electron chi connectivity index (χ4n) is 2.55. The van der Waals surface area contributed by atoms with E-state index in [1.54, 1.807) is 0 Å². The molecule has 2 rings (SSSR count). The minimum atomic E-state index is 0.177. The largest absolute Gasteiger partial charge is 0.463 e. The molecule has 0 amide bonds. The topological polar surface area (TPSA) is 59.9 Å². The van der Waals surface area contributed by atoms with E-state index in [0.717, 1.165) is 25.2 Å². The Labute approximate surface area is 125 Å². The fraction of sp³-hybridized carbons (Fsp3) is 0.786. The summed E-state index contributed by atoms with van der Waals surface area (Å²) in [5.41, 5.74) is 0. The zero-order valence-corrected chi connectivity index (χ0v) is 13.0. The second kappa shape index (κ2) is 7.62. The van der Waals surface area contributed by atoms with Crippen molar-refractivity contribution in [2.24, 2.45) is 5.92 Å². The van der Waals surface area contributed by atoms with Crippen molar-refractivity contribution in [2.75, 3.05) is 11.9 Å². The molecule has 0 aromatic carbocycles. The van der Waals surface area contributed by atoms with Crippen LogP contribution in [0.25, 0.3) is 0 Å². The molecular weight excluding hydrogens is 276 g/mol. The highest BCUT2D eigenvalue weighted by atomic mass is 35.5. The molecule has 1 saturated carbocycles. The van der Waals surface area contributed by atoms with Crippen molar-refractivity contribution < 1.29 is 4.74 Å². The second-order valence-corrected chi connectivity index (χ2v) is 5.67. The Bertz CT molecular complexity index is 422. The maximum absolute atomic E-state index is 5.91. The van der Waals surface area contributed by atoms with Gasteiger partial charge in [-0.25, -0.2) is 0 Å². The molecule has 6 heteroatoms. The molecule has 1 N–H and O–H groups in total. The van der Waals surface area contributed by atoms with E-state index >= 15 is 0 Å². The summed E-state index contributed by atoms with van der Waals surface area (Å²) >= 11 is 5.91. The molecule has 0 aliphatic heterocycles. The number of hydrogen-bond acceptors (Lipinski definition) is 5. The van der Waals surface area contributed by atoms with Crippen LogP contribution in [0.5, 0.6) is 6.01 Å². The van der Waals surface area contributed by atoms with E-state index in [1.165, 1.54) is 19.3 Å². The van der Waals surface area contributed by atoms with Gasteiger partial charge in [0.15, 0.2) is 0 Å². The lowest BCUT2D eigenvalue weighted by molar-refractivity contribution is 0.291. The first-order valence-electron chi connectivity index (χ1n) is 7.52. The molecule has 1 aliphatic carbocycles. The van der Waals surface area contributed by atoms with E-state index in [4.69, 9.17) is 16.3 Å². The third-order valence-electron chi connectivity index (χ3n) is 3.78. The SMILES string of the molecule is CCCOc1nc(Cl)nc(NC2CCC(CC)CC2)n1. The van der Waals surface area contributed by atoms with E-state index in [2.05, 4.69) is 27.2 Å². The number of nitrogens with one attached hydrogen (secondary N) is 1. The molecule has 0 saturated heterocycles. The van der Waals surface area contributed by atoms with Gasteiger partial charge in [0.1, 0.15) is 0 Å². The molecule has 1 fully saturated rings. The molecule has 0 bridgehead atoms. The van der Waals surface area contributed by atoms with Gasteiger partial charge in [0.2, 0.25) is 11.2 Å². The quantitative estimate of drug-likeness (QED) is 0.868. The fourth-order valence-corrected chi connectivity index (χ4v) is 2.70. The molecule has 1 heterocycles. The highest BCUT2D eigenvalue weighted by Crippen LogP contribution is 2.28. The normalized spacial score (nSPS) is 22.6. The first-order chi connectivity index (χ1) is 9.71. The van der Waals surface area contributed by atoms with Crippen LogP contribution >= 0.6 is 11.6 Å². The first-order valence-corrected chi connectivity index (χ1v) is 7.90. The lowest BCUT2D eigenvalue weighted by Gasteiger charge is -2.28. The summed E-state index contributed by atoms with van der Waals surface area (Å²) in [7, 11) is 0. The van der Waals surface area contributed by atoms with Gasteiger partial charge in [-0.15, -0.1) is 0 Å². The van der Waals surface area contributed by atoms with E-state index in [9.17, 15) is 0 Å². The highest BCUT2D eigenvalue weighted by Gasteiger charge is 2.20. The molecular formula is C14H23ClN4O. The number of aromatic nitrogens is 3. The highest BCUT2D eigenvalue weighted by molar-refractivity contribution is 6.28. The van der Waals surface area contributed by atoms with Crippen molar-refractivity contribution in [3.63, 3.8) is 0 Å². The summed E-state index contributed by atoms with van der Waals surface area (Å²) in [6.07, 6.45) is 7.05. The maximum Gasteiger partial charge on any atom is 0.322 e. The number of ether oxygens (including phenoxy) is 1. The van der Waals surface area contributed by atoms with Gasteiger partial charge < -0.3 is 10.1 Å². The number of nitrogens with zero attached hydrogens (tertiary/aromatic N) is 3. The Hall–Kier alpha value is -1.10. The second-order valence-electron chi connectivity index (χ2n) is 5.33. The maximum atomic E-state index is 5.91. The Morgan fingerprint density at radius 1 is 1.15 bits per heavy atom. The average molecular weight is 299 g/mol. The molecule has 1 aromatic heterocycles. The predicted octanol–water partition coefficient (Wildman–Crippen LogP) is 3.69. The van der Waals surface area contributed by atoms with Crippen molar-refractivity contribution in [2.45, 2.75) is 58.4 Å². The minimum absolute atomic E-state index is 0.177. The molecule has 112 valence electrons. The standard InChI is InChI=1S/C14H23ClN4O/c1-3-9-20-14-18-12(15)17-13(19-14)16-11-7-5-10(4-2)6-8-11/h10-11H,3-9H2,1-2H3,(H,16,17,18,19). The molecule has 1 aliphatic rings. The molecule has 1 aromatic rings. The van der Waals surface area contributed by atoms with Gasteiger partial charge in [-0.3, -0.25) is 0 Å². The van der Waals surface area contributed by atoms with E-state index in [-0.39, 0.29) is 5.28 Å². The lowest BCUT2D eigenvalue weighted by atomic mass is 9.85. The third-order valence-corrected chi connectivity index (χ3v) is 3.95. The first kappa shape index (κ1) is 15.3. The van der Waals surface area contributed by atoms with E-state index in [0.29, 0.717) is 24.6 Å². The average Bonchev–Trinajstić information content (AvgIpc) is 2.45. The van der Waals surface area contributed by atoms with Crippen LogP contribution in [0, 0.1) is 5.92 Å². The Balaban J connectivity index is 1.93. The summed E-state index contributed by atoms with van der Waals surface area (Å²) in [5, 5.41) is 3.53. The van der Waals surface area contributed by atoms with Crippen LogP contribution in [-0.2, 0) is 0 Å². The van der Waals surface area contributed by atoms with Crippen molar-refractivity contribution in [1.82, 2.24) is 15.0 Å². The van der Waals surface area contributed by atoms with Crippen LogP contribution in [-0.4, -0.2) is 27.6 Å². The van der Waals surface area contributed by atoms with Crippen LogP contribution in [0.4, 0.5) is 5.95 Å². The zero-order valence-electron chi connectivity index (χ0n) is 12.2. The third kappa shape index (κ3) is 4.47. The lowest BCUT2D eigenvalue weighted by Crippen LogP contribution is -2.27. The van der Waals surface area contributed by atoms with Gasteiger partial charge >= 0.3 is 6.01 Å². The molecule has 20 heavy (non-hydrogen) atoms. The summed E-state index contributed by atoms with van der Waals surface area (Å²) in [6, 6.07) is 0.729. The van der Waals surface area contributed by atoms with Crippen molar-refractivity contribution in [3.8, 4) is 6.01 Å². The molecule has 0 spiro atoms. The Morgan fingerprint density at radius 2 is 1.90 bits per heavy atom. The predicted molar refractivity (Wildman–Crippen MR) is 80.3 cm³/mol. The summed E-state index contributed by atoms with van der Waals surface area (Å²) in [5.74, 6) is 1.40. The van der Waals surface area contributed by atoms with Gasteiger partial charge in [-0.1, -0.05) is 20.3 Å². The van der Waals surface area contributed by atoms with Crippen molar-refractivity contribution in [1.29, 1.82) is 0 Å². The number of halogens is 1. The summed E-state index contributed by atoms with van der Waals surface area (Å²) < 4.78 is 5.41. The Kier molecular flexibility index (Phi) is 5.83. The van der Waals surface area contributed by atoms with E-state index < -0.39 is 0 Å². The van der Waals surface area contributed by atoms with Gasteiger partial charge in [-0.2, -0.15) is 15.0 Å². The summed E-state index contributed by atoms with van der Waals surface area (Å²) in [6.45, 7) is 4.89. The molecule has 0 unspecified atom stereocenters. The van der Waals surface area contributed by atoms with Gasteiger partial charge in [0, 0.05) is 6.04 Å². The smallest absolute Gasteiger partial charge is 0.322 e.